The number of benzene rings is 4. The smallest absolute Gasteiger partial charge is 0.333 e. The Morgan fingerprint density at radius 3 is 2.16 bits per heavy atom. The van der Waals surface area contributed by atoms with E-state index in [0.29, 0.717) is 47.2 Å². The van der Waals surface area contributed by atoms with Gasteiger partial charge in [0.05, 0.1) is 28.4 Å². The number of imide groups is 1. The van der Waals surface area contributed by atoms with E-state index in [4.69, 9.17) is 9.25 Å². The van der Waals surface area contributed by atoms with Crippen molar-refractivity contribution in [3.05, 3.63) is 165 Å². The third kappa shape index (κ3) is 11.8. The summed E-state index contributed by atoms with van der Waals surface area (Å²) in [5, 5.41) is 21.5. The number of hydrogen-bond acceptors (Lipinski definition) is 17. The summed E-state index contributed by atoms with van der Waals surface area (Å²) in [5.74, 6) is -3.90. The van der Waals surface area contributed by atoms with Gasteiger partial charge in [-0.05, 0) is 110 Å². The lowest BCUT2D eigenvalue weighted by Gasteiger charge is -2.33. The molecule has 3 aromatic carbocycles. The van der Waals surface area contributed by atoms with Crippen LogP contribution in [0.4, 0.5) is 11.4 Å². The number of sulfonamides is 1. The Labute approximate surface area is 440 Å². The zero-order valence-corrected chi connectivity index (χ0v) is 42.5. The number of phenols is 1. The summed E-state index contributed by atoms with van der Waals surface area (Å²) in [4.78, 5) is 93.6. The number of piperidine rings is 1. The third-order valence-electron chi connectivity index (χ3n) is 13.5. The van der Waals surface area contributed by atoms with E-state index >= 15 is 13.2 Å². The number of nitro benzene ring substituents is 1. The van der Waals surface area contributed by atoms with E-state index in [-0.39, 0.29) is 97.0 Å². The van der Waals surface area contributed by atoms with Crippen molar-refractivity contribution in [2.45, 2.75) is 61.8 Å². The number of nitro groups is 1. The first-order valence-corrected chi connectivity index (χ1v) is 27.3. The molecule has 3 aliphatic heterocycles. The van der Waals surface area contributed by atoms with Gasteiger partial charge in [-0.1, -0.05) is 24.3 Å². The van der Waals surface area contributed by atoms with E-state index in [1.165, 1.54) is 60.7 Å². The summed E-state index contributed by atoms with van der Waals surface area (Å²) in [5.41, 5.74) is 1.53. The maximum atomic E-state index is 15.2. The monoisotopic (exact) mass is 1090 g/mol. The molecule has 77 heavy (non-hydrogen) atoms. The van der Waals surface area contributed by atoms with Gasteiger partial charge >= 0.3 is 5.97 Å². The topological polar surface area (TPSA) is 298 Å². The van der Waals surface area contributed by atoms with Crippen LogP contribution in [0.3, 0.4) is 0 Å². The highest BCUT2D eigenvalue weighted by Crippen LogP contribution is 2.44. The van der Waals surface area contributed by atoms with Gasteiger partial charge < -0.3 is 19.3 Å². The number of para-hydroxylation sites is 1. The summed E-state index contributed by atoms with van der Waals surface area (Å²) in [6.45, 7) is 0.823. The molecule has 0 bridgehead atoms. The van der Waals surface area contributed by atoms with Crippen molar-refractivity contribution in [3.63, 3.8) is 0 Å². The van der Waals surface area contributed by atoms with E-state index in [9.17, 15) is 47.4 Å². The fourth-order valence-electron chi connectivity index (χ4n) is 9.64. The van der Waals surface area contributed by atoms with Gasteiger partial charge in [0.25, 0.3) is 43.6 Å². The van der Waals surface area contributed by atoms with Crippen LogP contribution in [-0.4, -0.2) is 111 Å². The van der Waals surface area contributed by atoms with Crippen molar-refractivity contribution in [1.82, 2.24) is 24.8 Å². The minimum atomic E-state index is -4.90. The normalized spacial score (nSPS) is 15.4. The van der Waals surface area contributed by atoms with E-state index < -0.39 is 76.4 Å². The van der Waals surface area contributed by atoms with Crippen LogP contribution in [0.15, 0.2) is 142 Å². The summed E-state index contributed by atoms with van der Waals surface area (Å²) in [7, 11) is -9.70. The summed E-state index contributed by atoms with van der Waals surface area (Å²) < 4.78 is 70.0. The van der Waals surface area contributed by atoms with Gasteiger partial charge in [-0.3, -0.25) is 53.0 Å². The number of likely N-dealkylation sites (tertiary alicyclic amines) is 1. The Bertz CT molecular complexity index is 3630. The van der Waals surface area contributed by atoms with Gasteiger partial charge in [-0.25, -0.2) is 13.2 Å². The summed E-state index contributed by atoms with van der Waals surface area (Å²) in [6, 6.07) is 28.8. The number of phenolic OH excluding ortho intramolecular Hbond substituents is 1. The number of aromatic hydroxyl groups is 1. The fourth-order valence-corrected chi connectivity index (χ4v) is 12.0. The molecular formula is C53H49N7O15S2. The standard InChI is InChI=1S/C53H49N7O15S2/c61-38-15-18-41-45(29-38)74-46-30-39(62)16-19-42(46)51(41)43-28-37(14-17-40(43)52(65)57-24-20-34(21-25-57)8-7-13-50(64)75-59-49(63)31-48(53(59)66)77(71,72)73)58(76(69,70)47-12-2-1-11-44(47)60(67)68)27-26-56(32-35-9-3-5-22-54-35)33-36-10-4-6-23-55-36/h1-6,9-12,14-19,22-23,28-30,34,48,61H,7-8,13,20-21,24-27,31-33H2,(H,71,72,73). The molecule has 5 aromatic rings. The lowest BCUT2D eigenvalue weighted by Crippen LogP contribution is -2.39. The van der Waals surface area contributed by atoms with Gasteiger partial charge in [0.1, 0.15) is 17.1 Å². The number of anilines is 1. The molecule has 22 nitrogen and oxygen atoms in total. The Morgan fingerprint density at radius 2 is 1.51 bits per heavy atom. The largest absolute Gasteiger partial charge is 0.508 e. The van der Waals surface area contributed by atoms with Crippen LogP contribution >= 0.6 is 0 Å². The molecule has 0 spiro atoms. The first kappa shape index (κ1) is 53.4. The zero-order valence-electron chi connectivity index (χ0n) is 40.9. The molecule has 3 amide bonds. The number of pyridine rings is 2. The molecule has 2 saturated heterocycles. The maximum Gasteiger partial charge on any atom is 0.333 e. The van der Waals surface area contributed by atoms with E-state index in [1.807, 2.05) is 29.2 Å². The second kappa shape index (κ2) is 22.4. The van der Waals surface area contributed by atoms with Crippen molar-refractivity contribution in [2.75, 3.05) is 30.5 Å². The minimum absolute atomic E-state index is 0.0148. The number of carbonyl (C=O) groups is 4. The SMILES string of the molecule is O=C(CCCC1CCN(C(=O)c2ccc(N(CCN(Cc3ccccn3)Cc3ccccn3)S(=O)(=O)c3ccccc3[N+](=O)[O-])cc2-c2c3ccc(=O)cc-3oc3cc(O)ccc23)CC1)ON1C(=O)CC(S(=O)(=O)O)C1=O. The molecule has 9 rings (SSSR count). The number of aromatic nitrogens is 2. The molecule has 2 fully saturated rings. The highest BCUT2D eigenvalue weighted by atomic mass is 32.2. The number of hydroxylamine groups is 2. The number of nitrogens with zero attached hydrogens (tertiary/aromatic N) is 7. The molecule has 1 atom stereocenters. The minimum Gasteiger partial charge on any atom is -0.508 e. The fraction of sp³-hybridized carbons (Fsp3) is 0.264. The van der Waals surface area contributed by atoms with Crippen LogP contribution < -0.4 is 9.73 Å². The second-order valence-electron chi connectivity index (χ2n) is 18.5. The van der Waals surface area contributed by atoms with Gasteiger partial charge in [0, 0.05) is 98.4 Å². The highest BCUT2D eigenvalue weighted by Gasteiger charge is 2.48. The molecule has 2 aromatic heterocycles. The second-order valence-corrected chi connectivity index (χ2v) is 22.0. The first-order valence-electron chi connectivity index (χ1n) is 24.3. The molecular weight excluding hydrogens is 1040 g/mol. The Balaban J connectivity index is 1.06. The van der Waals surface area contributed by atoms with Crippen LogP contribution in [0.2, 0.25) is 0 Å². The third-order valence-corrected chi connectivity index (χ3v) is 16.4. The van der Waals surface area contributed by atoms with Crippen molar-refractivity contribution in [1.29, 1.82) is 0 Å². The average Bonchev–Trinajstić information content (AvgIpc) is 3.70. The molecule has 1 aliphatic carbocycles. The Hall–Kier alpha value is -8.45. The van der Waals surface area contributed by atoms with Crippen molar-refractivity contribution < 1.29 is 59.9 Å². The summed E-state index contributed by atoms with van der Waals surface area (Å²) >= 11 is 0. The van der Waals surface area contributed by atoms with Crippen LogP contribution in [0.5, 0.6) is 5.75 Å². The zero-order chi connectivity index (χ0) is 54.6. The molecule has 398 valence electrons. The predicted octanol–water partition coefficient (Wildman–Crippen LogP) is 6.36. The van der Waals surface area contributed by atoms with Crippen molar-refractivity contribution in [3.8, 4) is 28.2 Å². The van der Waals surface area contributed by atoms with Crippen LogP contribution in [0.25, 0.3) is 33.4 Å². The maximum absolute atomic E-state index is 15.2. The van der Waals surface area contributed by atoms with Gasteiger partial charge in [-0.2, -0.15) is 8.42 Å². The van der Waals surface area contributed by atoms with Gasteiger partial charge in [0.15, 0.2) is 15.6 Å². The van der Waals surface area contributed by atoms with E-state index in [0.717, 1.165) is 16.4 Å². The first-order chi connectivity index (χ1) is 36.8. The van der Waals surface area contributed by atoms with Crippen LogP contribution in [0, 0.1) is 16.0 Å². The molecule has 4 aliphatic rings. The Morgan fingerprint density at radius 1 is 0.818 bits per heavy atom. The van der Waals surface area contributed by atoms with Gasteiger partial charge in [-0.15, -0.1) is 5.06 Å². The predicted molar refractivity (Wildman–Crippen MR) is 277 cm³/mol. The lowest BCUT2D eigenvalue weighted by atomic mass is 9.88. The molecule has 1 unspecified atom stereocenters. The van der Waals surface area contributed by atoms with E-state index in [2.05, 4.69) is 9.97 Å². The van der Waals surface area contributed by atoms with Gasteiger partial charge in [0.2, 0.25) is 0 Å². The number of amides is 3. The van der Waals surface area contributed by atoms with Crippen LogP contribution in [-0.2, 0) is 52.5 Å². The lowest BCUT2D eigenvalue weighted by molar-refractivity contribution is -0.387. The number of hydrogen-bond donors (Lipinski definition) is 2. The average molecular weight is 1090 g/mol. The molecule has 24 heteroatoms. The highest BCUT2D eigenvalue weighted by molar-refractivity contribution is 7.93. The Kier molecular flexibility index (Phi) is 15.5. The molecule has 2 N–H and O–H groups in total. The van der Waals surface area contributed by atoms with Crippen molar-refractivity contribution >= 4 is 66.2 Å². The molecule has 0 saturated carbocycles. The van der Waals surface area contributed by atoms with Crippen LogP contribution in [0.1, 0.15) is 60.3 Å². The number of fused-ring (bicyclic) bond motifs is 2. The molecule has 5 heterocycles. The quantitative estimate of drug-likeness (QED) is 0.0292. The summed E-state index contributed by atoms with van der Waals surface area (Å²) in [6.07, 6.45) is 3.91. The van der Waals surface area contributed by atoms with Crippen molar-refractivity contribution in [2.24, 2.45) is 5.92 Å². The number of rotatable bonds is 19. The number of carbonyl (C=O) groups excluding carboxylic acids is 4. The molecule has 0 radical (unpaired) electrons. The van der Waals surface area contributed by atoms with E-state index in [1.54, 1.807) is 35.5 Å².